The predicted molar refractivity (Wildman–Crippen MR) is 97.5 cm³/mol. The van der Waals surface area contributed by atoms with E-state index >= 15 is 0 Å². The molecule has 2 rings (SSSR count). The van der Waals surface area contributed by atoms with Gasteiger partial charge in [-0.1, -0.05) is 6.92 Å². The summed E-state index contributed by atoms with van der Waals surface area (Å²) in [5.41, 5.74) is -0.944. The number of rotatable bonds is 5. The minimum absolute atomic E-state index is 0.0334. The Balaban J connectivity index is 2.65. The van der Waals surface area contributed by atoms with Gasteiger partial charge in [0.25, 0.3) is 5.56 Å². The van der Waals surface area contributed by atoms with Crippen molar-refractivity contribution in [3.8, 4) is 17.7 Å². The monoisotopic (exact) mass is 390 g/mol. The molecule has 0 saturated carbocycles. The fourth-order valence-corrected chi connectivity index (χ4v) is 3.30. The normalized spacial score (nSPS) is 11.6. The lowest BCUT2D eigenvalue weighted by molar-refractivity contribution is 0.412. The molecule has 9 nitrogen and oxygen atoms in total. The van der Waals surface area contributed by atoms with Crippen molar-refractivity contribution in [1.82, 2.24) is 4.57 Å². The van der Waals surface area contributed by atoms with Crippen LogP contribution in [0.1, 0.15) is 25.0 Å². The van der Waals surface area contributed by atoms with Crippen molar-refractivity contribution in [3.63, 3.8) is 0 Å². The minimum atomic E-state index is -3.51. The molecule has 1 aromatic heterocycles. The second kappa shape index (κ2) is 7.59. The molecule has 0 fully saturated rings. The topological polar surface area (TPSA) is 145 Å². The average molecular weight is 390 g/mol. The lowest BCUT2D eigenvalue weighted by Gasteiger charge is -2.11. The Hall–Kier alpha value is -3.19. The second-order valence-electron chi connectivity index (χ2n) is 5.59. The second-order valence-corrected chi connectivity index (χ2v) is 7.87. The van der Waals surface area contributed by atoms with Crippen LogP contribution in [0.15, 0.2) is 38.1 Å². The van der Waals surface area contributed by atoms with Crippen molar-refractivity contribution in [2.45, 2.75) is 32.2 Å². The number of aromatic hydroxyl groups is 2. The molecule has 0 amide bonds. The van der Waals surface area contributed by atoms with Gasteiger partial charge in [0.1, 0.15) is 23.1 Å². The Morgan fingerprint density at radius 2 is 1.89 bits per heavy atom. The number of pyridine rings is 1. The summed E-state index contributed by atoms with van der Waals surface area (Å²) in [5, 5.41) is 37.1. The summed E-state index contributed by atoms with van der Waals surface area (Å²) in [7, 11) is -3.51. The summed E-state index contributed by atoms with van der Waals surface area (Å²) < 4.78 is 24.9. The van der Waals surface area contributed by atoms with Gasteiger partial charge in [-0.2, -0.15) is 5.26 Å². The maximum Gasteiger partial charge on any atom is 0.271 e. The number of phenols is 1. The fourth-order valence-electron chi connectivity index (χ4n) is 2.40. The molecule has 1 heterocycles. The molecule has 0 aliphatic rings. The summed E-state index contributed by atoms with van der Waals surface area (Å²) in [6.45, 7) is 4.65. The van der Waals surface area contributed by atoms with Gasteiger partial charge in [0.2, 0.25) is 5.88 Å². The summed E-state index contributed by atoms with van der Waals surface area (Å²) in [4.78, 5) is 12.1. The van der Waals surface area contributed by atoms with Crippen molar-refractivity contribution in [1.29, 1.82) is 5.26 Å². The number of sulfone groups is 1. The quantitative estimate of drug-likeness (QED) is 0.751. The first kappa shape index (κ1) is 20.1. The van der Waals surface area contributed by atoms with Crippen LogP contribution in [0.3, 0.4) is 0 Å². The molecule has 0 unspecified atom stereocenters. The van der Waals surface area contributed by atoms with E-state index in [4.69, 9.17) is 0 Å². The summed E-state index contributed by atoms with van der Waals surface area (Å²) in [5.74, 6) is -0.906. The largest absolute Gasteiger partial charge is 0.506 e. The van der Waals surface area contributed by atoms with Crippen LogP contribution in [0.2, 0.25) is 0 Å². The van der Waals surface area contributed by atoms with Crippen molar-refractivity contribution in [2.75, 3.05) is 5.75 Å². The Morgan fingerprint density at radius 1 is 1.22 bits per heavy atom. The molecule has 2 N–H and O–H groups in total. The number of nitriles is 1. The van der Waals surface area contributed by atoms with Gasteiger partial charge in [0.05, 0.1) is 10.6 Å². The van der Waals surface area contributed by atoms with Crippen molar-refractivity contribution in [3.05, 3.63) is 39.7 Å². The highest BCUT2D eigenvalue weighted by Crippen LogP contribution is 2.35. The van der Waals surface area contributed by atoms with E-state index in [2.05, 4.69) is 10.2 Å². The number of aromatic nitrogens is 1. The minimum Gasteiger partial charge on any atom is -0.506 e. The predicted octanol–water partition coefficient (Wildman–Crippen LogP) is 2.67. The van der Waals surface area contributed by atoms with E-state index in [1.807, 2.05) is 0 Å². The van der Waals surface area contributed by atoms with E-state index in [9.17, 15) is 28.7 Å². The highest BCUT2D eigenvalue weighted by molar-refractivity contribution is 7.91. The molecule has 0 atom stereocenters. The zero-order valence-corrected chi connectivity index (χ0v) is 15.8. The van der Waals surface area contributed by atoms with Crippen molar-refractivity contribution >= 4 is 21.2 Å². The molecule has 0 saturated heterocycles. The first-order valence-corrected chi connectivity index (χ1v) is 9.67. The molecule has 0 aliphatic heterocycles. The van der Waals surface area contributed by atoms with E-state index < -0.39 is 21.3 Å². The zero-order valence-electron chi connectivity index (χ0n) is 15.0. The molecule has 0 radical (unpaired) electrons. The van der Waals surface area contributed by atoms with Gasteiger partial charge in [-0.25, -0.2) is 8.42 Å². The first-order chi connectivity index (χ1) is 12.7. The molecule has 27 heavy (non-hydrogen) atoms. The van der Waals surface area contributed by atoms with Crippen molar-refractivity contribution in [2.24, 2.45) is 10.2 Å². The average Bonchev–Trinajstić information content (AvgIpc) is 2.63. The molecule has 0 aliphatic carbocycles. The molecule has 1 aromatic carbocycles. The number of phenolic OH excluding ortho intramolecular Hbond substituents is 1. The third kappa shape index (κ3) is 3.68. The van der Waals surface area contributed by atoms with Crippen LogP contribution in [-0.2, 0) is 16.4 Å². The molecular weight excluding hydrogens is 372 g/mol. The first-order valence-electron chi connectivity index (χ1n) is 8.01. The molecule has 2 aromatic rings. The Labute approximate surface area is 155 Å². The third-order valence-corrected chi connectivity index (χ3v) is 5.76. The summed E-state index contributed by atoms with van der Waals surface area (Å²) in [6.07, 6.45) is 0. The van der Waals surface area contributed by atoms with Gasteiger partial charge in [-0.15, -0.1) is 10.2 Å². The zero-order chi connectivity index (χ0) is 20.4. The van der Waals surface area contributed by atoms with Gasteiger partial charge in [-0.05, 0) is 32.0 Å². The highest BCUT2D eigenvalue weighted by Gasteiger charge is 2.19. The van der Waals surface area contributed by atoms with Crippen LogP contribution < -0.4 is 5.56 Å². The van der Waals surface area contributed by atoms with Gasteiger partial charge in [0.15, 0.2) is 15.5 Å². The maximum atomic E-state index is 12.1. The van der Waals surface area contributed by atoms with Crippen LogP contribution in [-0.4, -0.2) is 29.0 Å². The number of hydrogen-bond acceptors (Lipinski definition) is 8. The van der Waals surface area contributed by atoms with Crippen LogP contribution in [0.5, 0.6) is 11.6 Å². The van der Waals surface area contributed by atoms with E-state index in [1.54, 1.807) is 13.0 Å². The highest BCUT2D eigenvalue weighted by atomic mass is 32.2. The summed E-state index contributed by atoms with van der Waals surface area (Å²) >= 11 is 0. The van der Waals surface area contributed by atoms with Gasteiger partial charge >= 0.3 is 0 Å². The summed E-state index contributed by atoms with van der Waals surface area (Å²) in [6, 6.07) is 5.36. The number of nitrogens with zero attached hydrogens (tertiary/aromatic N) is 4. The molecule has 0 bridgehead atoms. The van der Waals surface area contributed by atoms with Gasteiger partial charge < -0.3 is 10.2 Å². The number of azo groups is 1. The lowest BCUT2D eigenvalue weighted by atomic mass is 10.1. The van der Waals surface area contributed by atoms with E-state index in [-0.39, 0.29) is 45.4 Å². The van der Waals surface area contributed by atoms with E-state index in [0.29, 0.717) is 0 Å². The molecule has 10 heteroatoms. The Kier molecular flexibility index (Phi) is 5.66. The van der Waals surface area contributed by atoms with Gasteiger partial charge in [0, 0.05) is 12.1 Å². The Bertz CT molecular complexity index is 1130. The smallest absolute Gasteiger partial charge is 0.271 e. The van der Waals surface area contributed by atoms with Crippen LogP contribution >= 0.6 is 0 Å². The number of benzene rings is 1. The lowest BCUT2D eigenvalue weighted by Crippen LogP contribution is -2.23. The van der Waals surface area contributed by atoms with Crippen LogP contribution in [0.4, 0.5) is 11.4 Å². The number of hydrogen-bond donors (Lipinski definition) is 2. The maximum absolute atomic E-state index is 12.1. The van der Waals surface area contributed by atoms with Crippen molar-refractivity contribution < 1.29 is 18.6 Å². The van der Waals surface area contributed by atoms with E-state index in [1.165, 1.54) is 26.0 Å². The van der Waals surface area contributed by atoms with E-state index in [0.717, 1.165) is 10.6 Å². The fraction of sp³-hybridized carbons (Fsp3) is 0.294. The van der Waals surface area contributed by atoms with Gasteiger partial charge in [-0.3, -0.25) is 9.36 Å². The van der Waals surface area contributed by atoms with Crippen LogP contribution in [0.25, 0.3) is 0 Å². The standard InChI is InChI=1S/C17H18N4O5S/c1-4-21-16(23)12(9-18)10(3)15(17(21)24)20-19-13-8-11(6-7-14(13)22)27(25,26)5-2/h6-8,22,24H,4-5H2,1-3H3. The van der Waals surface area contributed by atoms with Crippen LogP contribution in [0, 0.1) is 18.3 Å². The molecular formula is C17H18N4O5S. The third-order valence-electron chi connectivity index (χ3n) is 4.03. The molecule has 0 spiro atoms. The SMILES string of the molecule is CCn1c(O)c(N=Nc2cc(S(=O)(=O)CC)ccc2O)c(C)c(C#N)c1=O. The molecule has 142 valence electrons. The Morgan fingerprint density at radius 3 is 2.44 bits per heavy atom.